The number of nitrogens with zero attached hydrogens (tertiary/aromatic N) is 3. The van der Waals surface area contributed by atoms with E-state index in [1.807, 2.05) is 6.07 Å². The van der Waals surface area contributed by atoms with Crippen molar-refractivity contribution in [1.29, 1.82) is 5.26 Å². The van der Waals surface area contributed by atoms with Gasteiger partial charge in [-0.25, -0.2) is 0 Å². The van der Waals surface area contributed by atoms with Crippen molar-refractivity contribution >= 4 is 17.5 Å². The van der Waals surface area contributed by atoms with Crippen LogP contribution in [0.2, 0.25) is 0 Å². The summed E-state index contributed by atoms with van der Waals surface area (Å²) in [4.78, 5) is 29.8. The maximum absolute atomic E-state index is 13.1. The summed E-state index contributed by atoms with van der Waals surface area (Å²) in [5.74, 6) is 0.498. The van der Waals surface area contributed by atoms with Gasteiger partial charge >= 0.3 is 0 Å². The Labute approximate surface area is 195 Å². The third-order valence-electron chi connectivity index (χ3n) is 5.35. The highest BCUT2D eigenvalue weighted by molar-refractivity contribution is 5.99. The van der Waals surface area contributed by atoms with Crippen LogP contribution in [0, 0.1) is 11.3 Å². The van der Waals surface area contributed by atoms with Gasteiger partial charge in [-0.3, -0.25) is 9.59 Å². The van der Waals surface area contributed by atoms with Gasteiger partial charge in [-0.1, -0.05) is 13.8 Å². The highest BCUT2D eigenvalue weighted by Crippen LogP contribution is 2.29. The molecule has 2 aromatic carbocycles. The lowest BCUT2D eigenvalue weighted by atomic mass is 10.1. The normalized spacial score (nSPS) is 10.4. The number of methoxy groups -OCH3 is 2. The lowest BCUT2D eigenvalue weighted by Crippen LogP contribution is -2.39. The Balaban J connectivity index is 2.13. The molecule has 33 heavy (non-hydrogen) atoms. The minimum absolute atomic E-state index is 0.0918. The predicted octanol–water partition coefficient (Wildman–Crippen LogP) is 3.39. The molecule has 0 aliphatic rings. The summed E-state index contributed by atoms with van der Waals surface area (Å²) in [5, 5.41) is 11.8. The number of hydrogen-bond acceptors (Lipinski definition) is 6. The number of carbonyl (C=O) groups is 2. The molecule has 2 amide bonds. The topological polar surface area (TPSA) is 94.9 Å². The minimum atomic E-state index is -0.313. The first-order valence-corrected chi connectivity index (χ1v) is 11.0. The van der Waals surface area contributed by atoms with E-state index in [9.17, 15) is 9.59 Å². The van der Waals surface area contributed by atoms with Crippen LogP contribution >= 0.6 is 0 Å². The van der Waals surface area contributed by atoms with Crippen LogP contribution in [0.5, 0.6) is 11.5 Å². The van der Waals surface area contributed by atoms with Gasteiger partial charge in [-0.15, -0.1) is 0 Å². The number of hydrogen-bond donors (Lipinski definition) is 1. The maximum Gasteiger partial charge on any atom is 0.254 e. The highest BCUT2D eigenvalue weighted by Gasteiger charge is 2.19. The molecule has 0 heterocycles. The van der Waals surface area contributed by atoms with Gasteiger partial charge in [0.1, 0.15) is 6.54 Å². The summed E-state index contributed by atoms with van der Waals surface area (Å²) in [7, 11) is 3.07. The monoisotopic (exact) mass is 452 g/mol. The molecule has 0 unspecified atom stereocenters. The molecular weight excluding hydrogens is 420 g/mol. The highest BCUT2D eigenvalue weighted by atomic mass is 16.5. The third-order valence-corrected chi connectivity index (χ3v) is 5.35. The number of carbonyl (C=O) groups excluding carboxylic acids is 2. The second kappa shape index (κ2) is 13.1. The molecule has 0 bridgehead atoms. The second-order valence-electron chi connectivity index (χ2n) is 7.41. The van der Waals surface area contributed by atoms with Gasteiger partial charge in [-0.2, -0.15) is 5.26 Å². The van der Waals surface area contributed by atoms with Crippen molar-refractivity contribution in [3.8, 4) is 17.6 Å². The van der Waals surface area contributed by atoms with Gasteiger partial charge in [0.25, 0.3) is 5.91 Å². The average Bonchev–Trinajstić information content (AvgIpc) is 2.85. The smallest absolute Gasteiger partial charge is 0.254 e. The molecule has 0 fully saturated rings. The molecule has 176 valence electrons. The van der Waals surface area contributed by atoms with Crippen molar-refractivity contribution in [2.75, 3.05) is 52.3 Å². The van der Waals surface area contributed by atoms with E-state index in [4.69, 9.17) is 14.7 Å². The molecule has 8 heteroatoms. The van der Waals surface area contributed by atoms with Crippen LogP contribution in [0.4, 0.5) is 5.69 Å². The van der Waals surface area contributed by atoms with Crippen molar-refractivity contribution in [1.82, 2.24) is 9.80 Å². The summed E-state index contributed by atoms with van der Waals surface area (Å²) in [6.07, 6.45) is 0.743. The van der Waals surface area contributed by atoms with E-state index in [0.29, 0.717) is 34.9 Å². The van der Waals surface area contributed by atoms with Gasteiger partial charge in [0.15, 0.2) is 11.5 Å². The number of nitriles is 1. The first kappa shape index (κ1) is 25.7. The Morgan fingerprint density at radius 3 is 2.21 bits per heavy atom. The standard InChI is InChI=1S/C25H32N4O4/c1-5-28(6-2)14-7-15-29(25(31)20-10-8-19(17-26)9-11-20)18-24(30)27-21-12-13-22(32-3)23(16-21)33-4/h8-13,16H,5-7,14-15,18H2,1-4H3,(H,27,30). The molecule has 0 aromatic heterocycles. The fourth-order valence-corrected chi connectivity index (χ4v) is 3.44. The molecular formula is C25H32N4O4. The molecule has 0 aliphatic carbocycles. The van der Waals surface area contributed by atoms with Gasteiger partial charge in [0.2, 0.25) is 5.91 Å². The van der Waals surface area contributed by atoms with Crippen LogP contribution in [-0.4, -0.2) is 68.6 Å². The maximum atomic E-state index is 13.1. The Morgan fingerprint density at radius 1 is 0.970 bits per heavy atom. The lowest BCUT2D eigenvalue weighted by Gasteiger charge is -2.24. The lowest BCUT2D eigenvalue weighted by molar-refractivity contribution is -0.116. The number of ether oxygens (including phenoxy) is 2. The summed E-state index contributed by atoms with van der Waals surface area (Å²) < 4.78 is 10.5. The molecule has 0 radical (unpaired) electrons. The summed E-state index contributed by atoms with van der Waals surface area (Å²) in [5.41, 5.74) is 1.47. The minimum Gasteiger partial charge on any atom is -0.493 e. The number of anilines is 1. The van der Waals surface area contributed by atoms with E-state index in [1.54, 1.807) is 54.5 Å². The molecule has 2 aromatic rings. The van der Waals surface area contributed by atoms with E-state index in [0.717, 1.165) is 26.1 Å². The molecule has 2 rings (SSSR count). The van der Waals surface area contributed by atoms with Crippen LogP contribution in [0.15, 0.2) is 42.5 Å². The van der Waals surface area contributed by atoms with Crippen LogP contribution in [0.3, 0.4) is 0 Å². The van der Waals surface area contributed by atoms with Crippen molar-refractivity contribution < 1.29 is 19.1 Å². The van der Waals surface area contributed by atoms with Crippen LogP contribution in [-0.2, 0) is 4.79 Å². The zero-order valence-electron chi connectivity index (χ0n) is 19.8. The quantitative estimate of drug-likeness (QED) is 0.530. The SMILES string of the molecule is CCN(CC)CCCN(CC(=O)Nc1ccc(OC)c(OC)c1)C(=O)c1ccc(C#N)cc1. The van der Waals surface area contributed by atoms with Crippen molar-refractivity contribution in [2.45, 2.75) is 20.3 Å². The fourth-order valence-electron chi connectivity index (χ4n) is 3.44. The van der Waals surface area contributed by atoms with Crippen LogP contribution in [0.25, 0.3) is 0 Å². The van der Waals surface area contributed by atoms with E-state index in [2.05, 4.69) is 24.1 Å². The Kier molecular flexibility index (Phi) is 10.2. The predicted molar refractivity (Wildman–Crippen MR) is 128 cm³/mol. The van der Waals surface area contributed by atoms with Gasteiger partial charge in [-0.05, 0) is 62.5 Å². The summed E-state index contributed by atoms with van der Waals surface area (Å²) in [6.45, 7) is 7.24. The summed E-state index contributed by atoms with van der Waals surface area (Å²) in [6, 6.07) is 13.6. The van der Waals surface area contributed by atoms with Crippen LogP contribution < -0.4 is 14.8 Å². The molecule has 8 nitrogen and oxygen atoms in total. The number of amides is 2. The van der Waals surface area contributed by atoms with Crippen LogP contribution in [0.1, 0.15) is 36.2 Å². The van der Waals surface area contributed by atoms with Gasteiger partial charge in [0, 0.05) is 23.9 Å². The van der Waals surface area contributed by atoms with E-state index in [-0.39, 0.29) is 18.4 Å². The van der Waals surface area contributed by atoms with Crippen molar-refractivity contribution in [3.05, 3.63) is 53.6 Å². The largest absolute Gasteiger partial charge is 0.493 e. The molecule has 1 N–H and O–H groups in total. The van der Waals surface area contributed by atoms with E-state index >= 15 is 0 Å². The average molecular weight is 453 g/mol. The zero-order chi connectivity index (χ0) is 24.2. The first-order chi connectivity index (χ1) is 15.9. The Hall–Kier alpha value is -3.57. The molecule has 0 spiro atoms. The van der Waals surface area contributed by atoms with E-state index < -0.39 is 0 Å². The molecule has 0 saturated carbocycles. The number of rotatable bonds is 12. The van der Waals surface area contributed by atoms with Crippen molar-refractivity contribution in [3.63, 3.8) is 0 Å². The van der Waals surface area contributed by atoms with Gasteiger partial charge in [0.05, 0.1) is 25.9 Å². The first-order valence-electron chi connectivity index (χ1n) is 11.0. The Morgan fingerprint density at radius 2 is 1.64 bits per heavy atom. The third kappa shape index (κ3) is 7.51. The second-order valence-corrected chi connectivity index (χ2v) is 7.41. The fraction of sp³-hybridized carbons (Fsp3) is 0.400. The molecule has 0 aliphatic heterocycles. The zero-order valence-corrected chi connectivity index (χ0v) is 19.8. The van der Waals surface area contributed by atoms with Gasteiger partial charge < -0.3 is 24.6 Å². The Bertz CT molecular complexity index is 965. The molecule has 0 saturated heterocycles. The summed E-state index contributed by atoms with van der Waals surface area (Å²) >= 11 is 0. The number of benzene rings is 2. The number of nitrogens with one attached hydrogen (secondary N) is 1. The van der Waals surface area contributed by atoms with Crippen molar-refractivity contribution in [2.24, 2.45) is 0 Å². The van der Waals surface area contributed by atoms with E-state index in [1.165, 1.54) is 7.11 Å². The molecule has 0 atom stereocenters.